The minimum Gasteiger partial charge on any atom is -0.489 e. The van der Waals surface area contributed by atoms with E-state index in [1.54, 1.807) is 12.1 Å². The van der Waals surface area contributed by atoms with Crippen molar-refractivity contribution in [3.8, 4) is 5.75 Å². The molecule has 3 rings (SSSR count). The number of anilines is 1. The van der Waals surface area contributed by atoms with E-state index in [1.165, 1.54) is 0 Å². The van der Waals surface area contributed by atoms with Crippen LogP contribution < -0.4 is 10.1 Å². The monoisotopic (exact) mass is 341 g/mol. The van der Waals surface area contributed by atoms with E-state index in [0.29, 0.717) is 42.2 Å². The van der Waals surface area contributed by atoms with Crippen molar-refractivity contribution in [2.24, 2.45) is 0 Å². The van der Waals surface area contributed by atoms with Crippen molar-refractivity contribution >= 4 is 17.1 Å². The molecule has 5 nitrogen and oxygen atoms in total. The van der Waals surface area contributed by atoms with Crippen LogP contribution in [0.1, 0.15) is 24.6 Å². The second kappa shape index (κ2) is 7.79. The number of ether oxygens (including phenoxy) is 1. The van der Waals surface area contributed by atoms with Gasteiger partial charge in [0.15, 0.2) is 5.58 Å². The van der Waals surface area contributed by atoms with Crippen LogP contribution in [-0.2, 0) is 6.54 Å². The van der Waals surface area contributed by atoms with Crippen LogP contribution in [-0.4, -0.2) is 16.6 Å². The fraction of sp³-hybridized carbons (Fsp3) is 0.263. The number of pyridine rings is 1. The predicted octanol–water partition coefficient (Wildman–Crippen LogP) is 4.79. The summed E-state index contributed by atoms with van der Waals surface area (Å²) in [6, 6.07) is 9.77. The molecule has 1 aromatic carbocycles. The summed E-state index contributed by atoms with van der Waals surface area (Å²) in [4.78, 5) is 8.64. The van der Waals surface area contributed by atoms with E-state index in [0.717, 1.165) is 16.8 Å². The second-order valence-corrected chi connectivity index (χ2v) is 5.72. The van der Waals surface area contributed by atoms with Crippen LogP contribution in [0.25, 0.3) is 11.1 Å². The van der Waals surface area contributed by atoms with Gasteiger partial charge in [0.05, 0.1) is 6.33 Å². The molecular formula is C19H20FN3O2. The topological polar surface area (TPSA) is 60.2 Å². The minimum atomic E-state index is 0.220. The van der Waals surface area contributed by atoms with E-state index in [9.17, 15) is 4.39 Å². The molecule has 0 atom stereocenters. The van der Waals surface area contributed by atoms with Crippen LogP contribution in [0.2, 0.25) is 0 Å². The Morgan fingerprint density at radius 1 is 1.32 bits per heavy atom. The molecule has 0 bridgehead atoms. The number of nitrogens with one attached hydrogen (secondary N) is 1. The van der Waals surface area contributed by atoms with Crippen LogP contribution in [0.15, 0.2) is 52.8 Å². The predicted molar refractivity (Wildman–Crippen MR) is 95.3 cm³/mol. The Morgan fingerprint density at radius 3 is 2.92 bits per heavy atom. The van der Waals surface area contributed by atoms with Crippen molar-refractivity contribution in [3.63, 3.8) is 0 Å². The normalized spacial score (nSPS) is 11.7. The maximum atomic E-state index is 12.6. The van der Waals surface area contributed by atoms with Crippen LogP contribution in [0, 0.1) is 6.92 Å². The molecule has 25 heavy (non-hydrogen) atoms. The van der Waals surface area contributed by atoms with Crippen LogP contribution in [0.4, 0.5) is 10.4 Å². The summed E-state index contributed by atoms with van der Waals surface area (Å²) in [6.07, 6.45) is 3.03. The summed E-state index contributed by atoms with van der Waals surface area (Å²) >= 11 is 0. The van der Waals surface area contributed by atoms with Gasteiger partial charge in [0.2, 0.25) is 0 Å². The van der Waals surface area contributed by atoms with Crippen molar-refractivity contribution in [1.29, 1.82) is 0 Å². The van der Waals surface area contributed by atoms with Crippen molar-refractivity contribution in [1.82, 2.24) is 9.97 Å². The number of oxazole rings is 1. The van der Waals surface area contributed by atoms with Gasteiger partial charge in [0.25, 0.3) is 6.01 Å². The van der Waals surface area contributed by atoms with E-state index in [4.69, 9.17) is 9.15 Å². The highest BCUT2D eigenvalue weighted by atomic mass is 19.1. The molecule has 2 aromatic heterocycles. The Morgan fingerprint density at radius 2 is 2.20 bits per heavy atom. The van der Waals surface area contributed by atoms with Crippen molar-refractivity contribution in [3.05, 3.63) is 59.7 Å². The Bertz CT molecular complexity index is 872. The molecule has 0 unspecified atom stereocenters. The van der Waals surface area contributed by atoms with Gasteiger partial charge in [-0.3, -0.25) is 4.98 Å². The SMILES string of the molecule is CC/C(=C\F)COc1ccc2nc(NCc3ccc(C)nc3)oc2c1. The molecular weight excluding hydrogens is 321 g/mol. The summed E-state index contributed by atoms with van der Waals surface area (Å²) in [5, 5.41) is 3.14. The molecule has 130 valence electrons. The minimum absolute atomic E-state index is 0.220. The molecule has 0 spiro atoms. The van der Waals surface area contributed by atoms with E-state index < -0.39 is 0 Å². The molecule has 0 aliphatic carbocycles. The third kappa shape index (κ3) is 4.35. The summed E-state index contributed by atoms with van der Waals surface area (Å²) in [5.41, 5.74) is 3.97. The Kier molecular flexibility index (Phi) is 5.28. The standard InChI is InChI=1S/C19H20FN3O2/c1-3-14(9-20)12-24-16-6-7-17-18(8-16)25-19(23-17)22-11-15-5-4-13(2)21-10-15/h4-10H,3,11-12H2,1-2H3,(H,22,23)/b14-9+. The molecule has 0 fully saturated rings. The summed E-state index contributed by atoms with van der Waals surface area (Å²) in [5.74, 6) is 0.616. The Hall–Kier alpha value is -2.89. The van der Waals surface area contributed by atoms with E-state index in [2.05, 4.69) is 15.3 Å². The quantitative estimate of drug-likeness (QED) is 0.670. The Balaban J connectivity index is 1.66. The molecule has 0 amide bonds. The number of rotatable bonds is 7. The van der Waals surface area contributed by atoms with Gasteiger partial charge < -0.3 is 14.5 Å². The van der Waals surface area contributed by atoms with Crippen LogP contribution in [0.5, 0.6) is 5.75 Å². The molecule has 3 aromatic rings. The lowest BCUT2D eigenvalue weighted by Crippen LogP contribution is -2.00. The molecule has 6 heteroatoms. The van der Waals surface area contributed by atoms with Crippen molar-refractivity contribution in [2.45, 2.75) is 26.8 Å². The average Bonchev–Trinajstić information content (AvgIpc) is 3.04. The highest BCUT2D eigenvalue weighted by molar-refractivity contribution is 5.76. The number of halogens is 1. The number of fused-ring (bicyclic) bond motifs is 1. The number of hydrogen-bond donors (Lipinski definition) is 1. The molecule has 2 heterocycles. The molecule has 0 radical (unpaired) electrons. The average molecular weight is 341 g/mol. The lowest BCUT2D eigenvalue weighted by Gasteiger charge is -2.06. The zero-order valence-electron chi connectivity index (χ0n) is 14.3. The highest BCUT2D eigenvalue weighted by Gasteiger charge is 2.07. The van der Waals surface area contributed by atoms with Gasteiger partial charge in [-0.2, -0.15) is 4.98 Å². The highest BCUT2D eigenvalue weighted by Crippen LogP contribution is 2.24. The lowest BCUT2D eigenvalue weighted by molar-refractivity contribution is 0.345. The first-order valence-electron chi connectivity index (χ1n) is 8.15. The molecule has 0 saturated carbocycles. The molecule has 0 saturated heterocycles. The zero-order chi connectivity index (χ0) is 17.6. The number of hydrogen-bond acceptors (Lipinski definition) is 5. The van der Waals surface area contributed by atoms with Crippen molar-refractivity contribution < 1.29 is 13.5 Å². The van der Waals surface area contributed by atoms with E-state index in [1.807, 2.05) is 38.2 Å². The summed E-state index contributed by atoms with van der Waals surface area (Å²) < 4.78 is 23.9. The first-order chi connectivity index (χ1) is 12.2. The van der Waals surface area contributed by atoms with Gasteiger partial charge in [-0.15, -0.1) is 0 Å². The third-order valence-electron chi connectivity index (χ3n) is 3.81. The molecule has 1 N–H and O–H groups in total. The van der Waals surface area contributed by atoms with Gasteiger partial charge in [0, 0.05) is 24.5 Å². The van der Waals surface area contributed by atoms with Gasteiger partial charge >= 0.3 is 0 Å². The smallest absolute Gasteiger partial charge is 0.295 e. The van der Waals surface area contributed by atoms with Gasteiger partial charge in [0.1, 0.15) is 17.9 Å². The second-order valence-electron chi connectivity index (χ2n) is 5.72. The first-order valence-corrected chi connectivity index (χ1v) is 8.15. The van der Waals surface area contributed by atoms with Crippen LogP contribution in [0.3, 0.4) is 0 Å². The van der Waals surface area contributed by atoms with Gasteiger partial charge in [-0.25, -0.2) is 4.39 Å². The largest absolute Gasteiger partial charge is 0.489 e. The number of nitrogens with zero attached hydrogens (tertiary/aromatic N) is 2. The molecule has 0 aliphatic heterocycles. The van der Waals surface area contributed by atoms with Gasteiger partial charge in [-0.1, -0.05) is 13.0 Å². The first kappa shape index (κ1) is 17.0. The number of aryl methyl sites for hydroxylation is 1. The summed E-state index contributed by atoms with van der Waals surface area (Å²) in [6.45, 7) is 4.63. The van der Waals surface area contributed by atoms with E-state index in [-0.39, 0.29) is 6.61 Å². The summed E-state index contributed by atoms with van der Waals surface area (Å²) in [7, 11) is 0. The zero-order valence-corrected chi connectivity index (χ0v) is 14.3. The maximum Gasteiger partial charge on any atom is 0.295 e. The fourth-order valence-corrected chi connectivity index (χ4v) is 2.24. The van der Waals surface area contributed by atoms with Gasteiger partial charge in [-0.05, 0) is 42.7 Å². The number of benzene rings is 1. The van der Waals surface area contributed by atoms with Crippen LogP contribution >= 0.6 is 0 Å². The Labute approximate surface area is 145 Å². The van der Waals surface area contributed by atoms with E-state index >= 15 is 0 Å². The fourth-order valence-electron chi connectivity index (χ4n) is 2.24. The molecule has 0 aliphatic rings. The van der Waals surface area contributed by atoms with Crippen molar-refractivity contribution in [2.75, 3.05) is 11.9 Å². The number of aromatic nitrogens is 2. The lowest BCUT2D eigenvalue weighted by atomic mass is 10.2. The maximum absolute atomic E-state index is 12.6. The third-order valence-corrected chi connectivity index (χ3v) is 3.81.